The standard InChI is InChI=1S/C23H46NO6P/c1-3-4-5-6-7-8-9-10-11-12-13-14-15-16-23(25)24-17-19-28-31(26,29-20-18-24)30-22-21-27-2/h3-22H2,1-2H3. The van der Waals surface area contributed by atoms with Crippen LogP contribution in [0.1, 0.15) is 96.8 Å². The average molecular weight is 464 g/mol. The first-order valence-corrected chi connectivity index (χ1v) is 13.9. The number of ether oxygens (including phenoxy) is 1. The van der Waals surface area contributed by atoms with Gasteiger partial charge in [-0.2, -0.15) is 13.6 Å². The van der Waals surface area contributed by atoms with Crippen molar-refractivity contribution in [2.45, 2.75) is 96.8 Å². The van der Waals surface area contributed by atoms with Crippen molar-refractivity contribution in [1.82, 2.24) is 4.90 Å². The Hall–Kier alpha value is -0.300. The van der Waals surface area contributed by atoms with Gasteiger partial charge in [-0.1, -0.05) is 84.0 Å². The molecule has 0 aromatic heterocycles. The summed E-state index contributed by atoms with van der Waals surface area (Å²) in [5.41, 5.74) is 0. The Morgan fingerprint density at radius 2 is 1.32 bits per heavy atom. The van der Waals surface area contributed by atoms with Gasteiger partial charge in [0.15, 0.2) is 0 Å². The number of carbonyl (C=O) groups is 1. The molecule has 0 radical (unpaired) electrons. The van der Waals surface area contributed by atoms with E-state index in [1.54, 1.807) is 12.0 Å². The number of phosphoric acid groups is 1. The SMILES string of the molecule is CCCCCCCCCCCCCCCC(=O)N1CCO[P+]([O-])(OCCOC)OCC1. The Morgan fingerprint density at radius 3 is 1.81 bits per heavy atom. The second-order valence-electron chi connectivity index (χ2n) is 8.31. The van der Waals surface area contributed by atoms with E-state index >= 15 is 0 Å². The summed E-state index contributed by atoms with van der Waals surface area (Å²) in [6.45, 7) is 3.85. The molecule has 0 aromatic carbocycles. The van der Waals surface area contributed by atoms with Gasteiger partial charge >= 0.3 is 8.17 Å². The second-order valence-corrected chi connectivity index (χ2v) is 9.98. The van der Waals surface area contributed by atoms with E-state index in [2.05, 4.69) is 6.92 Å². The van der Waals surface area contributed by atoms with Crippen molar-refractivity contribution in [2.24, 2.45) is 0 Å². The molecule has 1 aliphatic rings. The predicted octanol–water partition coefficient (Wildman–Crippen LogP) is 5.04. The van der Waals surface area contributed by atoms with Crippen molar-refractivity contribution in [3.8, 4) is 0 Å². The lowest BCUT2D eigenvalue weighted by Crippen LogP contribution is -2.39. The van der Waals surface area contributed by atoms with Gasteiger partial charge in [-0.25, -0.2) is 0 Å². The van der Waals surface area contributed by atoms with Crippen molar-refractivity contribution >= 4 is 14.1 Å². The molecular weight excluding hydrogens is 417 g/mol. The van der Waals surface area contributed by atoms with Crippen LogP contribution >= 0.6 is 8.17 Å². The van der Waals surface area contributed by atoms with E-state index in [1.165, 1.54) is 70.6 Å². The Morgan fingerprint density at radius 1 is 0.839 bits per heavy atom. The fraction of sp³-hybridized carbons (Fsp3) is 0.957. The number of nitrogens with zero attached hydrogens (tertiary/aromatic N) is 1. The predicted molar refractivity (Wildman–Crippen MR) is 124 cm³/mol. The fourth-order valence-electron chi connectivity index (χ4n) is 3.68. The number of unbranched alkanes of at least 4 members (excludes halogenated alkanes) is 12. The van der Waals surface area contributed by atoms with Crippen LogP contribution in [0.25, 0.3) is 0 Å². The van der Waals surface area contributed by atoms with Gasteiger partial charge < -0.3 is 14.5 Å². The number of carbonyl (C=O) groups excluding carboxylic acids is 1. The van der Waals surface area contributed by atoms with E-state index in [1.807, 2.05) is 0 Å². The third kappa shape index (κ3) is 15.2. The molecular formula is C23H46NO6P. The molecule has 0 aromatic rings. The van der Waals surface area contributed by atoms with Crippen molar-refractivity contribution in [2.75, 3.05) is 46.6 Å². The summed E-state index contributed by atoms with van der Waals surface area (Å²) in [5, 5.41) is 0. The Kier molecular flexibility index (Phi) is 17.8. The Labute approximate surface area is 190 Å². The molecule has 1 aliphatic heterocycles. The molecule has 31 heavy (non-hydrogen) atoms. The molecule has 0 saturated carbocycles. The Balaban J connectivity index is 1.99. The molecule has 8 heteroatoms. The zero-order valence-electron chi connectivity index (χ0n) is 20.0. The highest BCUT2D eigenvalue weighted by Gasteiger charge is 2.35. The van der Waals surface area contributed by atoms with Crippen molar-refractivity contribution in [1.29, 1.82) is 0 Å². The molecule has 7 nitrogen and oxygen atoms in total. The van der Waals surface area contributed by atoms with Crippen LogP contribution in [0, 0.1) is 0 Å². The lowest BCUT2D eigenvalue weighted by atomic mass is 10.0. The maximum atomic E-state index is 12.4. The minimum absolute atomic E-state index is 0.118. The quantitative estimate of drug-likeness (QED) is 0.209. The summed E-state index contributed by atoms with van der Waals surface area (Å²) in [5.74, 6) is 0.118. The van der Waals surface area contributed by atoms with Gasteiger partial charge in [0.2, 0.25) is 5.91 Å². The average Bonchev–Trinajstić information content (AvgIpc) is 2.74. The number of rotatable bonds is 18. The molecule has 0 atom stereocenters. The van der Waals surface area contributed by atoms with Crippen LogP contribution in [0.2, 0.25) is 0 Å². The normalized spacial score (nSPS) is 16.8. The summed E-state index contributed by atoms with van der Waals surface area (Å²) in [6, 6.07) is 0. The first-order valence-electron chi connectivity index (χ1n) is 12.4. The molecule has 0 bridgehead atoms. The van der Waals surface area contributed by atoms with Crippen LogP contribution in [-0.4, -0.2) is 57.4 Å². The van der Waals surface area contributed by atoms with E-state index in [-0.39, 0.29) is 25.7 Å². The first-order chi connectivity index (χ1) is 15.1. The molecule has 0 spiro atoms. The minimum atomic E-state index is -3.54. The van der Waals surface area contributed by atoms with Crippen molar-refractivity contribution in [3.63, 3.8) is 0 Å². The Bertz CT molecular complexity index is 430. The number of hydrogen-bond acceptors (Lipinski definition) is 6. The van der Waals surface area contributed by atoms with Gasteiger partial charge in [0.1, 0.15) is 19.8 Å². The second kappa shape index (κ2) is 19.2. The summed E-state index contributed by atoms with van der Waals surface area (Å²) in [4.78, 5) is 26.5. The van der Waals surface area contributed by atoms with Crippen molar-refractivity contribution < 1.29 is 28.0 Å². The monoisotopic (exact) mass is 463 g/mol. The van der Waals surface area contributed by atoms with E-state index < -0.39 is 8.17 Å². The zero-order chi connectivity index (χ0) is 22.6. The first kappa shape index (κ1) is 28.7. The van der Waals surface area contributed by atoms with Gasteiger partial charge in [0, 0.05) is 26.6 Å². The summed E-state index contributed by atoms with van der Waals surface area (Å²) >= 11 is 0. The highest BCUT2D eigenvalue weighted by atomic mass is 31.2. The van der Waals surface area contributed by atoms with Crippen LogP contribution in [-0.2, 0) is 23.1 Å². The van der Waals surface area contributed by atoms with Crippen LogP contribution < -0.4 is 4.89 Å². The lowest BCUT2D eigenvalue weighted by molar-refractivity contribution is -0.251. The molecule has 0 unspecified atom stereocenters. The van der Waals surface area contributed by atoms with Gasteiger partial charge in [-0.05, 0) is 6.42 Å². The molecule has 1 heterocycles. The maximum Gasteiger partial charge on any atom is 0.379 e. The van der Waals surface area contributed by atoms with Crippen LogP contribution in [0.3, 0.4) is 0 Å². The van der Waals surface area contributed by atoms with Crippen LogP contribution in [0.15, 0.2) is 0 Å². The van der Waals surface area contributed by atoms with E-state index in [9.17, 15) is 9.69 Å². The smallest absolute Gasteiger partial charge is 0.379 e. The highest BCUT2D eigenvalue weighted by Crippen LogP contribution is 2.53. The zero-order valence-corrected chi connectivity index (χ0v) is 20.9. The highest BCUT2D eigenvalue weighted by molar-refractivity contribution is 7.53. The molecule has 1 amide bonds. The molecule has 1 saturated heterocycles. The molecule has 0 aliphatic carbocycles. The van der Waals surface area contributed by atoms with Gasteiger partial charge in [0.25, 0.3) is 0 Å². The topological polar surface area (TPSA) is 80.3 Å². The van der Waals surface area contributed by atoms with Gasteiger partial charge in [-0.3, -0.25) is 4.79 Å². The lowest BCUT2D eigenvalue weighted by Gasteiger charge is -2.30. The number of amides is 1. The van der Waals surface area contributed by atoms with E-state index in [0.717, 1.165) is 12.8 Å². The summed E-state index contributed by atoms with van der Waals surface area (Å²) < 4.78 is 20.6. The maximum absolute atomic E-state index is 12.4. The molecule has 1 fully saturated rings. The fourth-order valence-corrected chi connectivity index (χ4v) is 4.82. The van der Waals surface area contributed by atoms with Crippen molar-refractivity contribution in [3.05, 3.63) is 0 Å². The van der Waals surface area contributed by atoms with E-state index in [0.29, 0.717) is 26.1 Å². The number of methoxy groups -OCH3 is 1. The number of phosphoric ester groups is 1. The molecule has 1 rings (SSSR count). The minimum Gasteiger partial charge on any atom is -0.606 e. The van der Waals surface area contributed by atoms with Crippen LogP contribution in [0.4, 0.5) is 0 Å². The largest absolute Gasteiger partial charge is 0.606 e. The summed E-state index contributed by atoms with van der Waals surface area (Å²) in [7, 11) is -2.00. The third-order valence-corrected chi connectivity index (χ3v) is 7.10. The van der Waals surface area contributed by atoms with Gasteiger partial charge in [-0.15, -0.1) is 0 Å². The third-order valence-electron chi connectivity index (χ3n) is 5.60. The number of hydrogen-bond donors (Lipinski definition) is 0. The summed E-state index contributed by atoms with van der Waals surface area (Å²) in [6.07, 6.45) is 17.4. The van der Waals surface area contributed by atoms with Gasteiger partial charge in [0.05, 0.1) is 6.61 Å². The van der Waals surface area contributed by atoms with E-state index in [4.69, 9.17) is 18.3 Å². The van der Waals surface area contributed by atoms with Crippen LogP contribution in [0.5, 0.6) is 0 Å². The molecule has 184 valence electrons. The molecule has 0 N–H and O–H groups in total.